The van der Waals surface area contributed by atoms with E-state index in [0.29, 0.717) is 15.7 Å². The van der Waals surface area contributed by atoms with Gasteiger partial charge >= 0.3 is 0 Å². The summed E-state index contributed by atoms with van der Waals surface area (Å²) in [5.74, 6) is 0. The van der Waals surface area contributed by atoms with Gasteiger partial charge in [0.05, 0.1) is 0 Å². The van der Waals surface area contributed by atoms with E-state index in [4.69, 9.17) is 28.9 Å². The Bertz CT molecular complexity index is 519. The summed E-state index contributed by atoms with van der Waals surface area (Å²) in [6.45, 7) is 0. The van der Waals surface area contributed by atoms with Crippen molar-refractivity contribution >= 4 is 40.7 Å². The molecule has 0 radical (unpaired) electrons. The van der Waals surface area contributed by atoms with E-state index in [1.165, 1.54) is 18.1 Å². The van der Waals surface area contributed by atoms with Crippen LogP contribution in [0.2, 0.25) is 10.2 Å². The topological polar surface area (TPSA) is 51.8 Å². The molecule has 16 heavy (non-hydrogen) atoms. The summed E-state index contributed by atoms with van der Waals surface area (Å²) in [6, 6.07) is 7.43. The third-order valence-electron chi connectivity index (χ3n) is 1.81. The number of nitrogens with zero attached hydrogens (tertiary/aromatic N) is 2. The molecule has 2 rings (SSSR count). The van der Waals surface area contributed by atoms with Crippen molar-refractivity contribution < 1.29 is 0 Å². The zero-order valence-electron chi connectivity index (χ0n) is 8.02. The van der Waals surface area contributed by atoms with E-state index in [0.717, 1.165) is 4.90 Å². The lowest BCUT2D eigenvalue weighted by atomic mass is 10.4. The van der Waals surface area contributed by atoms with Gasteiger partial charge in [0.2, 0.25) is 0 Å². The van der Waals surface area contributed by atoms with Crippen LogP contribution in [0.3, 0.4) is 0 Å². The fourth-order valence-corrected chi connectivity index (χ4v) is 2.39. The average molecular weight is 272 g/mol. The second-order valence-electron chi connectivity index (χ2n) is 2.94. The van der Waals surface area contributed by atoms with Crippen molar-refractivity contribution in [3.63, 3.8) is 0 Å². The minimum Gasteiger partial charge on any atom is -0.394 e. The molecule has 0 saturated heterocycles. The molecule has 82 valence electrons. The van der Waals surface area contributed by atoms with Crippen LogP contribution in [0, 0.1) is 0 Å². The monoisotopic (exact) mass is 271 g/mol. The molecule has 0 aliphatic heterocycles. The van der Waals surface area contributed by atoms with Crippen LogP contribution in [0.1, 0.15) is 0 Å². The molecule has 0 atom stereocenters. The zero-order valence-corrected chi connectivity index (χ0v) is 10.4. The largest absolute Gasteiger partial charge is 0.394 e. The minimum absolute atomic E-state index is 0.263. The van der Waals surface area contributed by atoms with Crippen LogP contribution >= 0.6 is 35.0 Å². The highest BCUT2D eigenvalue weighted by Gasteiger charge is 2.07. The third-order valence-corrected chi connectivity index (χ3v) is 3.35. The summed E-state index contributed by atoms with van der Waals surface area (Å²) < 4.78 is 0. The van der Waals surface area contributed by atoms with Gasteiger partial charge in [-0.1, -0.05) is 41.0 Å². The van der Waals surface area contributed by atoms with Crippen molar-refractivity contribution in [1.29, 1.82) is 0 Å². The second kappa shape index (κ2) is 4.91. The maximum absolute atomic E-state index is 5.88. The average Bonchev–Trinajstić information content (AvgIpc) is 2.25. The lowest BCUT2D eigenvalue weighted by molar-refractivity contribution is 1.06. The molecule has 0 spiro atoms. The van der Waals surface area contributed by atoms with E-state index in [1.54, 1.807) is 0 Å². The fourth-order valence-electron chi connectivity index (χ4n) is 1.08. The van der Waals surface area contributed by atoms with Gasteiger partial charge in [0.15, 0.2) is 5.15 Å². The predicted octanol–water partition coefficient (Wildman–Crippen LogP) is 3.52. The van der Waals surface area contributed by atoms with Crippen LogP contribution in [-0.4, -0.2) is 9.97 Å². The maximum Gasteiger partial charge on any atom is 0.156 e. The van der Waals surface area contributed by atoms with Crippen molar-refractivity contribution in [3.8, 4) is 0 Å². The summed E-state index contributed by atoms with van der Waals surface area (Å²) >= 11 is 13.1. The fraction of sp³-hybridized carbons (Fsp3) is 0. The molecule has 0 bridgehead atoms. The van der Waals surface area contributed by atoms with E-state index in [-0.39, 0.29) is 5.15 Å². The first-order chi connectivity index (χ1) is 7.66. The van der Waals surface area contributed by atoms with E-state index in [1.807, 2.05) is 24.3 Å². The van der Waals surface area contributed by atoms with Crippen molar-refractivity contribution in [2.45, 2.75) is 9.92 Å². The molecule has 0 aliphatic carbocycles. The van der Waals surface area contributed by atoms with E-state index >= 15 is 0 Å². The quantitative estimate of drug-likeness (QED) is 0.850. The second-order valence-corrected chi connectivity index (χ2v) is 4.80. The van der Waals surface area contributed by atoms with Crippen LogP contribution in [0.25, 0.3) is 0 Å². The molecule has 1 aromatic carbocycles. The molecule has 0 amide bonds. The van der Waals surface area contributed by atoms with Crippen molar-refractivity contribution in [3.05, 3.63) is 40.8 Å². The lowest BCUT2D eigenvalue weighted by Crippen LogP contribution is -1.94. The van der Waals surface area contributed by atoms with Crippen molar-refractivity contribution in [2.24, 2.45) is 0 Å². The molecule has 1 heterocycles. The normalized spacial score (nSPS) is 10.4. The van der Waals surface area contributed by atoms with Gasteiger partial charge in [-0.25, -0.2) is 9.97 Å². The Labute approximate surface area is 107 Å². The number of nitrogens with two attached hydrogens (primary N) is 1. The van der Waals surface area contributed by atoms with Gasteiger partial charge in [0.25, 0.3) is 0 Å². The molecule has 3 nitrogen and oxygen atoms in total. The van der Waals surface area contributed by atoms with Crippen LogP contribution in [-0.2, 0) is 0 Å². The highest BCUT2D eigenvalue weighted by atomic mass is 35.5. The number of halogens is 2. The van der Waals surface area contributed by atoms with Crippen molar-refractivity contribution in [1.82, 2.24) is 9.97 Å². The van der Waals surface area contributed by atoms with Crippen LogP contribution in [0.4, 0.5) is 5.69 Å². The number of aromatic nitrogens is 2. The molecular formula is C10H7Cl2N3S. The Morgan fingerprint density at radius 2 is 2.00 bits per heavy atom. The van der Waals surface area contributed by atoms with Gasteiger partial charge in [0.1, 0.15) is 17.0 Å². The first-order valence-electron chi connectivity index (χ1n) is 4.36. The molecule has 2 aromatic rings. The van der Waals surface area contributed by atoms with E-state index in [9.17, 15) is 0 Å². The van der Waals surface area contributed by atoms with Crippen LogP contribution in [0.5, 0.6) is 0 Å². The molecular weight excluding hydrogens is 265 g/mol. The molecule has 0 fully saturated rings. The Morgan fingerprint density at radius 3 is 2.75 bits per heavy atom. The Kier molecular flexibility index (Phi) is 3.53. The lowest BCUT2D eigenvalue weighted by Gasteiger charge is -2.04. The number of nitrogen functional groups attached to an aromatic ring is 1. The Hall–Kier alpha value is -0.970. The SMILES string of the molecule is Nc1c(Cl)ncnc1Sc1cccc(Cl)c1. The van der Waals surface area contributed by atoms with Crippen LogP contribution in [0.15, 0.2) is 40.5 Å². The van der Waals surface area contributed by atoms with Gasteiger partial charge in [0, 0.05) is 9.92 Å². The third kappa shape index (κ3) is 2.58. The molecule has 6 heteroatoms. The van der Waals surface area contributed by atoms with Gasteiger partial charge in [-0.05, 0) is 18.2 Å². The van der Waals surface area contributed by atoms with E-state index < -0.39 is 0 Å². The number of benzene rings is 1. The summed E-state index contributed by atoms with van der Waals surface area (Å²) in [7, 11) is 0. The maximum atomic E-state index is 5.88. The highest BCUT2D eigenvalue weighted by Crippen LogP contribution is 2.33. The Morgan fingerprint density at radius 1 is 1.19 bits per heavy atom. The number of rotatable bonds is 2. The van der Waals surface area contributed by atoms with Gasteiger partial charge in [-0.2, -0.15) is 0 Å². The van der Waals surface area contributed by atoms with Gasteiger partial charge in [-0.3, -0.25) is 0 Å². The predicted molar refractivity (Wildman–Crippen MR) is 67.0 cm³/mol. The summed E-state index contributed by atoms with van der Waals surface area (Å²) in [5.41, 5.74) is 6.14. The standard InChI is InChI=1S/C10H7Cl2N3S/c11-6-2-1-3-7(4-6)16-10-8(13)9(12)14-5-15-10/h1-5H,13H2. The molecule has 0 saturated carbocycles. The number of hydrogen-bond acceptors (Lipinski definition) is 4. The first-order valence-corrected chi connectivity index (χ1v) is 5.93. The summed E-state index contributed by atoms with van der Waals surface area (Å²) in [6.07, 6.45) is 1.38. The first kappa shape index (κ1) is 11.5. The Balaban J connectivity index is 2.31. The molecule has 1 aromatic heterocycles. The van der Waals surface area contributed by atoms with Crippen LogP contribution < -0.4 is 5.73 Å². The summed E-state index contributed by atoms with van der Waals surface area (Å²) in [5, 5.41) is 1.56. The van der Waals surface area contributed by atoms with Crippen molar-refractivity contribution in [2.75, 3.05) is 5.73 Å². The smallest absolute Gasteiger partial charge is 0.156 e. The molecule has 0 aliphatic rings. The number of anilines is 1. The molecule has 0 unspecified atom stereocenters. The minimum atomic E-state index is 0.263. The summed E-state index contributed by atoms with van der Waals surface area (Å²) in [4.78, 5) is 8.80. The van der Waals surface area contributed by atoms with E-state index in [2.05, 4.69) is 9.97 Å². The van der Waals surface area contributed by atoms with Gasteiger partial charge < -0.3 is 5.73 Å². The zero-order chi connectivity index (χ0) is 11.5. The number of hydrogen-bond donors (Lipinski definition) is 1. The highest BCUT2D eigenvalue weighted by molar-refractivity contribution is 7.99. The molecule has 2 N–H and O–H groups in total. The van der Waals surface area contributed by atoms with Gasteiger partial charge in [-0.15, -0.1) is 0 Å².